The average molecular weight is 303 g/mol. The monoisotopic (exact) mass is 303 g/mol. The molecule has 0 aromatic rings. The number of hydrogen-bond acceptors (Lipinski definition) is 5. The number of sulfonamides is 1. The van der Waals surface area contributed by atoms with Crippen molar-refractivity contribution in [3.63, 3.8) is 0 Å². The van der Waals surface area contributed by atoms with Crippen LogP contribution in [0.3, 0.4) is 0 Å². The predicted octanol–water partition coefficient (Wildman–Crippen LogP) is -0.525. The maximum Gasteiger partial charge on any atom is 0.215 e. The Balaban J connectivity index is 1.47. The summed E-state index contributed by atoms with van der Waals surface area (Å²) in [5.41, 5.74) is 0. The molecule has 6 nitrogen and oxygen atoms in total. The molecule has 116 valence electrons. The van der Waals surface area contributed by atoms with E-state index in [1.807, 2.05) is 0 Å². The van der Waals surface area contributed by atoms with Crippen LogP contribution in [0, 0.1) is 0 Å². The fourth-order valence-electron chi connectivity index (χ4n) is 3.01. The lowest BCUT2D eigenvalue weighted by Crippen LogP contribution is -2.45. The summed E-state index contributed by atoms with van der Waals surface area (Å²) < 4.78 is 31.6. The van der Waals surface area contributed by atoms with Crippen LogP contribution in [0.25, 0.3) is 0 Å². The van der Waals surface area contributed by atoms with Gasteiger partial charge in [-0.1, -0.05) is 0 Å². The molecule has 2 saturated heterocycles. The van der Waals surface area contributed by atoms with E-state index in [9.17, 15) is 8.42 Å². The molecule has 2 aliphatic heterocycles. The minimum absolute atomic E-state index is 0.235. The minimum Gasteiger partial charge on any atom is -0.379 e. The lowest BCUT2D eigenvalue weighted by atomic mass is 10.2. The maximum absolute atomic E-state index is 12.3. The molecule has 20 heavy (non-hydrogen) atoms. The SMILES string of the molecule is O=S(=O)(CCNC1CC1)N1CCC(N2CCOCC2)C1. The second-order valence-corrected chi connectivity index (χ2v) is 8.08. The van der Waals surface area contributed by atoms with Crippen molar-refractivity contribution in [3.8, 4) is 0 Å². The number of nitrogens with one attached hydrogen (secondary N) is 1. The third-order valence-corrected chi connectivity index (χ3v) is 6.29. The largest absolute Gasteiger partial charge is 0.379 e. The highest BCUT2D eigenvalue weighted by Crippen LogP contribution is 2.21. The van der Waals surface area contributed by atoms with Crippen LogP contribution in [0.5, 0.6) is 0 Å². The first-order valence-electron chi connectivity index (χ1n) is 7.68. The van der Waals surface area contributed by atoms with Crippen molar-refractivity contribution in [2.24, 2.45) is 0 Å². The van der Waals surface area contributed by atoms with Crippen molar-refractivity contribution in [2.45, 2.75) is 31.3 Å². The molecule has 0 aromatic heterocycles. The molecule has 0 amide bonds. The summed E-state index contributed by atoms with van der Waals surface area (Å²) in [5.74, 6) is 0.235. The molecule has 1 unspecified atom stereocenters. The van der Waals surface area contributed by atoms with Crippen LogP contribution in [-0.4, -0.2) is 81.4 Å². The standard InChI is InChI=1S/C13H25N3O3S/c17-20(18,10-4-14-12-1-2-12)16-5-3-13(11-16)15-6-8-19-9-7-15/h12-14H,1-11H2. The van der Waals surface area contributed by atoms with Crippen molar-refractivity contribution in [1.29, 1.82) is 0 Å². The van der Waals surface area contributed by atoms with Gasteiger partial charge in [-0.25, -0.2) is 12.7 Å². The minimum atomic E-state index is -3.09. The van der Waals surface area contributed by atoms with E-state index in [1.54, 1.807) is 4.31 Å². The van der Waals surface area contributed by atoms with E-state index in [0.717, 1.165) is 32.7 Å². The first-order valence-corrected chi connectivity index (χ1v) is 9.29. The zero-order chi connectivity index (χ0) is 14.0. The van der Waals surface area contributed by atoms with Crippen molar-refractivity contribution in [3.05, 3.63) is 0 Å². The molecule has 1 saturated carbocycles. The quantitative estimate of drug-likeness (QED) is 0.715. The number of hydrogen-bond donors (Lipinski definition) is 1. The smallest absolute Gasteiger partial charge is 0.215 e. The molecule has 1 aliphatic carbocycles. The predicted molar refractivity (Wildman–Crippen MR) is 77.2 cm³/mol. The maximum atomic E-state index is 12.3. The Bertz CT molecular complexity index is 419. The van der Waals surface area contributed by atoms with Crippen LogP contribution in [-0.2, 0) is 14.8 Å². The molecule has 3 fully saturated rings. The van der Waals surface area contributed by atoms with Gasteiger partial charge in [0, 0.05) is 44.8 Å². The Hall–Kier alpha value is -0.210. The molecule has 3 aliphatic rings. The Morgan fingerprint density at radius 3 is 2.55 bits per heavy atom. The zero-order valence-corrected chi connectivity index (χ0v) is 12.8. The van der Waals surface area contributed by atoms with Gasteiger partial charge in [0.25, 0.3) is 0 Å². The molecule has 0 spiro atoms. The lowest BCUT2D eigenvalue weighted by Gasteiger charge is -2.32. The van der Waals surface area contributed by atoms with Crippen LogP contribution in [0.15, 0.2) is 0 Å². The Labute approximate surface area is 121 Å². The number of ether oxygens (including phenoxy) is 1. The van der Waals surface area contributed by atoms with E-state index in [2.05, 4.69) is 10.2 Å². The third kappa shape index (κ3) is 3.71. The summed E-state index contributed by atoms with van der Waals surface area (Å²) in [6.07, 6.45) is 3.35. The fraction of sp³-hybridized carbons (Fsp3) is 1.00. The summed E-state index contributed by atoms with van der Waals surface area (Å²) in [6.45, 7) is 5.33. The summed E-state index contributed by atoms with van der Waals surface area (Å²) in [7, 11) is -3.09. The molecule has 0 aromatic carbocycles. The van der Waals surface area contributed by atoms with Gasteiger partial charge >= 0.3 is 0 Å². The molecular formula is C13H25N3O3S. The van der Waals surface area contributed by atoms with E-state index < -0.39 is 10.0 Å². The summed E-state index contributed by atoms with van der Waals surface area (Å²) >= 11 is 0. The van der Waals surface area contributed by atoms with Crippen LogP contribution >= 0.6 is 0 Å². The fourth-order valence-corrected chi connectivity index (χ4v) is 4.43. The molecule has 1 N–H and O–H groups in total. The third-order valence-electron chi connectivity index (χ3n) is 4.45. The van der Waals surface area contributed by atoms with Gasteiger partial charge in [0.1, 0.15) is 0 Å². The van der Waals surface area contributed by atoms with E-state index in [1.165, 1.54) is 12.8 Å². The Morgan fingerprint density at radius 2 is 1.85 bits per heavy atom. The summed E-state index contributed by atoms with van der Waals surface area (Å²) in [4.78, 5) is 2.38. The normalized spacial score (nSPS) is 29.9. The van der Waals surface area contributed by atoms with Gasteiger partial charge in [-0.05, 0) is 19.3 Å². The lowest BCUT2D eigenvalue weighted by molar-refractivity contribution is 0.0197. The van der Waals surface area contributed by atoms with Gasteiger partial charge in [-0.15, -0.1) is 0 Å². The first-order chi connectivity index (χ1) is 9.65. The molecule has 3 rings (SSSR count). The van der Waals surface area contributed by atoms with E-state index in [-0.39, 0.29) is 5.75 Å². The van der Waals surface area contributed by atoms with Crippen molar-refractivity contribution in [2.75, 3.05) is 51.7 Å². The van der Waals surface area contributed by atoms with Crippen LogP contribution in [0.1, 0.15) is 19.3 Å². The van der Waals surface area contributed by atoms with Crippen LogP contribution in [0.2, 0.25) is 0 Å². The first kappa shape index (κ1) is 14.7. The van der Waals surface area contributed by atoms with Crippen molar-refractivity contribution >= 4 is 10.0 Å². The summed E-state index contributed by atoms with van der Waals surface area (Å²) in [6, 6.07) is 0.954. The molecule has 7 heteroatoms. The van der Waals surface area contributed by atoms with Gasteiger partial charge in [-0.2, -0.15) is 0 Å². The molecule has 0 radical (unpaired) electrons. The van der Waals surface area contributed by atoms with Gasteiger partial charge < -0.3 is 10.1 Å². The topological polar surface area (TPSA) is 61.9 Å². The molecule has 1 atom stereocenters. The Morgan fingerprint density at radius 1 is 1.10 bits per heavy atom. The van der Waals surface area contributed by atoms with Crippen LogP contribution in [0.4, 0.5) is 0 Å². The van der Waals surface area contributed by atoms with Gasteiger partial charge in [0.05, 0.1) is 19.0 Å². The zero-order valence-electron chi connectivity index (χ0n) is 12.0. The number of morpholine rings is 1. The highest BCUT2D eigenvalue weighted by molar-refractivity contribution is 7.89. The average Bonchev–Trinajstić information content (AvgIpc) is 3.12. The van der Waals surface area contributed by atoms with E-state index >= 15 is 0 Å². The second-order valence-electron chi connectivity index (χ2n) is 5.99. The van der Waals surface area contributed by atoms with Crippen LogP contribution < -0.4 is 5.32 Å². The van der Waals surface area contributed by atoms with Crippen molar-refractivity contribution in [1.82, 2.24) is 14.5 Å². The molecule has 0 bridgehead atoms. The van der Waals surface area contributed by atoms with Crippen molar-refractivity contribution < 1.29 is 13.2 Å². The highest BCUT2D eigenvalue weighted by Gasteiger charge is 2.34. The van der Waals surface area contributed by atoms with Gasteiger partial charge in [-0.3, -0.25) is 4.90 Å². The molecular weight excluding hydrogens is 278 g/mol. The van der Waals surface area contributed by atoms with E-state index in [4.69, 9.17) is 4.74 Å². The van der Waals surface area contributed by atoms with E-state index in [0.29, 0.717) is 31.7 Å². The van der Waals surface area contributed by atoms with Gasteiger partial charge in [0.15, 0.2) is 0 Å². The summed E-state index contributed by atoms with van der Waals surface area (Å²) in [5, 5.41) is 3.28. The molecule has 2 heterocycles. The Kier molecular flexibility index (Phi) is 4.62. The second kappa shape index (κ2) is 6.27. The number of nitrogens with zero attached hydrogens (tertiary/aromatic N) is 2. The van der Waals surface area contributed by atoms with Gasteiger partial charge in [0.2, 0.25) is 10.0 Å². The highest BCUT2D eigenvalue weighted by atomic mass is 32.2. The number of rotatable bonds is 6.